The number of aromatic nitrogens is 2. The Morgan fingerprint density at radius 3 is 2.34 bits per heavy atom. The van der Waals surface area contributed by atoms with Crippen molar-refractivity contribution in [2.45, 2.75) is 17.4 Å². The maximum atomic E-state index is 12.4. The van der Waals surface area contributed by atoms with Crippen LogP contribution in [0.5, 0.6) is 17.2 Å². The summed E-state index contributed by atoms with van der Waals surface area (Å²) in [6.45, 7) is 1.77. The van der Waals surface area contributed by atoms with Crippen molar-refractivity contribution in [3.05, 3.63) is 42.5 Å². The van der Waals surface area contributed by atoms with Gasteiger partial charge in [0.15, 0.2) is 0 Å². The van der Waals surface area contributed by atoms with Gasteiger partial charge in [-0.1, -0.05) is 11.8 Å². The van der Waals surface area contributed by atoms with Gasteiger partial charge in [-0.3, -0.25) is 4.79 Å². The normalized spacial score (nSPS) is 11.6. The van der Waals surface area contributed by atoms with Crippen LogP contribution in [0.2, 0.25) is 0 Å². The van der Waals surface area contributed by atoms with E-state index in [9.17, 15) is 4.79 Å². The summed E-state index contributed by atoms with van der Waals surface area (Å²) < 4.78 is 21.4. The Kier molecular flexibility index (Phi) is 6.61. The van der Waals surface area contributed by atoms with Gasteiger partial charge in [-0.05, 0) is 43.3 Å². The summed E-state index contributed by atoms with van der Waals surface area (Å²) in [6.07, 6.45) is 0. The van der Waals surface area contributed by atoms with Crippen molar-refractivity contribution in [3.63, 3.8) is 0 Å². The van der Waals surface area contributed by atoms with Crippen LogP contribution in [0.15, 0.2) is 52.1 Å². The quantitative estimate of drug-likeness (QED) is 0.554. The van der Waals surface area contributed by atoms with E-state index < -0.39 is 5.25 Å². The average Bonchev–Trinajstić information content (AvgIpc) is 3.21. The number of nitrogens with one attached hydrogen (secondary N) is 1. The number of hydrogen-bond donors (Lipinski definition) is 1. The highest BCUT2D eigenvalue weighted by Crippen LogP contribution is 2.34. The summed E-state index contributed by atoms with van der Waals surface area (Å²) in [5.41, 5.74) is 1.32. The van der Waals surface area contributed by atoms with E-state index in [1.807, 2.05) is 0 Å². The first-order chi connectivity index (χ1) is 14.0. The Bertz CT molecular complexity index is 975. The highest BCUT2D eigenvalue weighted by Gasteiger charge is 2.20. The summed E-state index contributed by atoms with van der Waals surface area (Å²) in [6, 6.07) is 12.4. The Morgan fingerprint density at radius 1 is 1.00 bits per heavy atom. The number of benzene rings is 2. The van der Waals surface area contributed by atoms with Gasteiger partial charge in [0.2, 0.25) is 5.91 Å². The van der Waals surface area contributed by atoms with Crippen LogP contribution in [0.4, 0.5) is 5.69 Å². The van der Waals surface area contributed by atoms with E-state index >= 15 is 0 Å². The summed E-state index contributed by atoms with van der Waals surface area (Å²) >= 11 is 1.17. The predicted molar refractivity (Wildman–Crippen MR) is 110 cm³/mol. The zero-order valence-corrected chi connectivity index (χ0v) is 17.3. The van der Waals surface area contributed by atoms with Crippen LogP contribution in [-0.4, -0.2) is 42.7 Å². The van der Waals surface area contributed by atoms with Gasteiger partial charge in [-0.2, -0.15) is 0 Å². The van der Waals surface area contributed by atoms with Crippen LogP contribution < -0.4 is 19.5 Å². The number of amides is 1. The number of methoxy groups -OCH3 is 3. The lowest BCUT2D eigenvalue weighted by atomic mass is 10.2. The molecule has 9 heteroatoms. The molecule has 1 amide bonds. The molecule has 0 aliphatic rings. The predicted octanol–water partition coefficient (Wildman–Crippen LogP) is 3.88. The molecule has 0 saturated heterocycles. The molecule has 0 aliphatic heterocycles. The second-order valence-corrected chi connectivity index (χ2v) is 7.21. The number of hydrogen-bond acceptors (Lipinski definition) is 8. The minimum atomic E-state index is -0.442. The Balaban J connectivity index is 1.66. The number of rotatable bonds is 8. The summed E-state index contributed by atoms with van der Waals surface area (Å²) in [5, 5.41) is 10.8. The summed E-state index contributed by atoms with van der Waals surface area (Å²) in [4.78, 5) is 12.4. The standard InChI is InChI=1S/C20H21N3O5S/c1-12(18(24)21-13-5-7-14(25-2)8-6-13)29-20-23-22-19(28-20)16-10-9-15(26-3)11-17(16)27-4/h5-12H,1-4H3,(H,21,24)/t12-/m0/s1. The van der Waals surface area contributed by atoms with Crippen molar-refractivity contribution in [2.75, 3.05) is 26.6 Å². The zero-order chi connectivity index (χ0) is 20.8. The third-order valence-electron chi connectivity index (χ3n) is 4.05. The van der Waals surface area contributed by atoms with Gasteiger partial charge in [-0.25, -0.2) is 0 Å². The molecule has 1 atom stereocenters. The molecule has 1 N–H and O–H groups in total. The summed E-state index contributed by atoms with van der Waals surface area (Å²) in [7, 11) is 4.72. The van der Waals surface area contributed by atoms with Crippen LogP contribution in [0.1, 0.15) is 6.92 Å². The van der Waals surface area contributed by atoms with E-state index in [0.29, 0.717) is 28.6 Å². The maximum absolute atomic E-state index is 12.4. The zero-order valence-electron chi connectivity index (χ0n) is 16.5. The van der Waals surface area contributed by atoms with Crippen LogP contribution in [0.25, 0.3) is 11.5 Å². The van der Waals surface area contributed by atoms with Crippen molar-refractivity contribution in [1.29, 1.82) is 0 Å². The van der Waals surface area contributed by atoms with Crippen molar-refractivity contribution >= 4 is 23.4 Å². The molecule has 0 fully saturated rings. The van der Waals surface area contributed by atoms with E-state index in [-0.39, 0.29) is 11.1 Å². The van der Waals surface area contributed by atoms with Gasteiger partial charge < -0.3 is 23.9 Å². The minimum Gasteiger partial charge on any atom is -0.497 e. The van der Waals surface area contributed by atoms with Crippen molar-refractivity contribution in [2.24, 2.45) is 0 Å². The first kappa shape index (κ1) is 20.5. The fraction of sp³-hybridized carbons (Fsp3) is 0.250. The minimum absolute atomic E-state index is 0.179. The second-order valence-electron chi connectivity index (χ2n) is 5.92. The lowest BCUT2D eigenvalue weighted by Gasteiger charge is -2.10. The molecule has 0 aliphatic carbocycles. The van der Waals surface area contributed by atoms with Crippen LogP contribution >= 0.6 is 11.8 Å². The van der Waals surface area contributed by atoms with Gasteiger partial charge >= 0.3 is 0 Å². The van der Waals surface area contributed by atoms with Gasteiger partial charge in [0.25, 0.3) is 11.1 Å². The van der Waals surface area contributed by atoms with Gasteiger partial charge in [-0.15, -0.1) is 10.2 Å². The fourth-order valence-electron chi connectivity index (χ4n) is 2.46. The molecule has 0 spiro atoms. The Hall–Kier alpha value is -3.20. The van der Waals surface area contributed by atoms with Crippen molar-refractivity contribution < 1.29 is 23.4 Å². The van der Waals surface area contributed by atoms with Gasteiger partial charge in [0.1, 0.15) is 17.2 Å². The van der Waals surface area contributed by atoms with Crippen molar-refractivity contribution in [3.8, 4) is 28.7 Å². The van der Waals surface area contributed by atoms with Gasteiger partial charge in [0.05, 0.1) is 32.1 Å². The number of nitrogens with zero attached hydrogens (tertiary/aromatic N) is 2. The molecule has 0 radical (unpaired) electrons. The molecule has 1 aromatic heterocycles. The molecule has 3 rings (SSSR count). The van der Waals surface area contributed by atoms with Crippen LogP contribution in [0, 0.1) is 0 Å². The van der Waals surface area contributed by atoms with Crippen molar-refractivity contribution in [1.82, 2.24) is 10.2 Å². The van der Waals surface area contributed by atoms with Gasteiger partial charge in [0, 0.05) is 11.8 Å². The van der Waals surface area contributed by atoms with E-state index in [1.165, 1.54) is 11.8 Å². The number of carbonyl (C=O) groups excluding carboxylic acids is 1. The lowest BCUT2D eigenvalue weighted by Crippen LogP contribution is -2.22. The first-order valence-electron chi connectivity index (χ1n) is 8.71. The van der Waals surface area contributed by atoms with E-state index in [1.54, 1.807) is 70.7 Å². The number of carbonyl (C=O) groups is 1. The molecule has 29 heavy (non-hydrogen) atoms. The van der Waals surface area contributed by atoms with E-state index in [0.717, 1.165) is 5.75 Å². The topological polar surface area (TPSA) is 95.7 Å². The molecule has 0 bridgehead atoms. The Labute approximate surface area is 172 Å². The SMILES string of the molecule is COc1ccc(NC(=O)[C@H](C)Sc2nnc(-c3ccc(OC)cc3OC)o2)cc1. The van der Waals surface area contributed by atoms with E-state index in [4.69, 9.17) is 18.6 Å². The molecule has 152 valence electrons. The highest BCUT2D eigenvalue weighted by atomic mass is 32.2. The first-order valence-corrected chi connectivity index (χ1v) is 9.59. The van der Waals surface area contributed by atoms with E-state index in [2.05, 4.69) is 15.5 Å². The number of ether oxygens (including phenoxy) is 3. The molecule has 0 saturated carbocycles. The molecule has 0 unspecified atom stereocenters. The lowest BCUT2D eigenvalue weighted by molar-refractivity contribution is -0.115. The molecule has 3 aromatic rings. The fourth-order valence-corrected chi connectivity index (χ4v) is 3.15. The van der Waals surface area contributed by atoms with Crippen LogP contribution in [0.3, 0.4) is 0 Å². The molecular formula is C20H21N3O5S. The maximum Gasteiger partial charge on any atom is 0.277 e. The number of anilines is 1. The third kappa shape index (κ3) is 5.00. The molecular weight excluding hydrogens is 394 g/mol. The highest BCUT2D eigenvalue weighted by molar-refractivity contribution is 8.00. The third-order valence-corrected chi connectivity index (χ3v) is 4.98. The number of thioether (sulfide) groups is 1. The molecule has 2 aromatic carbocycles. The Morgan fingerprint density at radius 2 is 1.69 bits per heavy atom. The van der Waals surface area contributed by atoms with Crippen LogP contribution in [-0.2, 0) is 4.79 Å². The second kappa shape index (κ2) is 9.33. The largest absolute Gasteiger partial charge is 0.497 e. The monoisotopic (exact) mass is 415 g/mol. The summed E-state index contributed by atoms with van der Waals surface area (Å²) in [5.74, 6) is 2.05. The smallest absolute Gasteiger partial charge is 0.277 e. The molecule has 8 nitrogen and oxygen atoms in total. The molecule has 1 heterocycles. The average molecular weight is 415 g/mol.